The Balaban J connectivity index is 4.87. The van der Waals surface area contributed by atoms with E-state index in [2.05, 4.69) is 4.74 Å². The van der Waals surface area contributed by atoms with E-state index in [0.29, 0.717) is 0 Å². The minimum Gasteiger partial charge on any atom is -0.479 e. The second-order valence-corrected chi connectivity index (χ2v) is 3.21. The molecule has 0 aliphatic carbocycles. The summed E-state index contributed by atoms with van der Waals surface area (Å²) in [4.78, 5) is 42.2. The van der Waals surface area contributed by atoms with Gasteiger partial charge < -0.3 is 35.4 Å². The number of ether oxygens (including phenoxy) is 1. The van der Waals surface area contributed by atoms with Gasteiger partial charge in [-0.2, -0.15) is 0 Å². The van der Waals surface area contributed by atoms with Crippen LogP contribution in [0.5, 0.6) is 0 Å². The van der Waals surface area contributed by atoms with Crippen LogP contribution in [0.1, 0.15) is 0 Å². The van der Waals surface area contributed by atoms with E-state index in [0.717, 1.165) is 0 Å². The van der Waals surface area contributed by atoms with Gasteiger partial charge in [0.05, 0.1) is 0 Å². The molecule has 0 spiro atoms. The normalized spacial score (nSPS) is 16.8. The molecule has 0 aliphatic heterocycles. The largest absolute Gasteiger partial charge is 0.479 e. The zero-order chi connectivity index (χ0) is 15.3. The minimum absolute atomic E-state index is 1.91. The molecule has 6 N–H and O–H groups in total. The smallest absolute Gasteiger partial charge is 0.348 e. The first-order valence-electron chi connectivity index (χ1n) is 4.52. The second kappa shape index (κ2) is 6.63. The Hall–Kier alpha value is -2.24. The van der Waals surface area contributed by atoms with Crippen molar-refractivity contribution in [2.24, 2.45) is 0 Å². The topological polar surface area (TPSA) is 199 Å². The summed E-state index contributed by atoms with van der Waals surface area (Å²) in [5, 5.41) is 51.8. The van der Waals surface area contributed by atoms with Crippen LogP contribution in [-0.2, 0) is 23.9 Å². The summed E-state index contributed by atoms with van der Waals surface area (Å²) in [6.07, 6.45) is -10.4. The number of esters is 1. The van der Waals surface area contributed by atoms with E-state index in [-0.39, 0.29) is 0 Å². The Labute approximate surface area is 104 Å². The fourth-order valence-corrected chi connectivity index (χ4v) is 0.838. The van der Waals surface area contributed by atoms with Crippen LogP contribution in [0.4, 0.5) is 0 Å². The maximum atomic E-state index is 11.1. The Morgan fingerprint density at radius 2 is 1.11 bits per heavy atom. The van der Waals surface area contributed by atoms with Crippen LogP contribution in [0, 0.1) is 0 Å². The van der Waals surface area contributed by atoms with Crippen LogP contribution in [0.25, 0.3) is 0 Å². The van der Waals surface area contributed by atoms with Gasteiger partial charge in [0.15, 0.2) is 18.3 Å². The zero-order valence-corrected chi connectivity index (χ0v) is 9.03. The monoisotopic (exact) mass is 282 g/mol. The summed E-state index contributed by atoms with van der Waals surface area (Å²) in [6, 6.07) is 0. The molecule has 0 rings (SSSR count). The predicted octanol–water partition coefficient (Wildman–Crippen LogP) is -3.77. The third-order valence-electron chi connectivity index (χ3n) is 1.82. The van der Waals surface area contributed by atoms with Crippen LogP contribution >= 0.6 is 0 Å². The Kier molecular flexibility index (Phi) is 5.85. The average Bonchev–Trinajstić information content (AvgIpc) is 2.31. The Bertz CT molecular complexity index is 388. The molecule has 0 aromatic rings. The van der Waals surface area contributed by atoms with Gasteiger partial charge in [0.1, 0.15) is 0 Å². The summed E-state index contributed by atoms with van der Waals surface area (Å²) in [7, 11) is 0. The van der Waals surface area contributed by atoms with Crippen molar-refractivity contribution in [1.82, 2.24) is 0 Å². The minimum atomic E-state index is -2.64. The molecule has 0 saturated heterocycles. The standard InChI is InChI=1S/C8H10O11/c9-1(5(12)13)2(10)8(18)19-4(7(16)17)3(11)6(14)15/h1-4,9-11H,(H,12,13)(H,14,15)(H,16,17). The summed E-state index contributed by atoms with van der Waals surface area (Å²) < 4.78 is 3.93. The third kappa shape index (κ3) is 4.50. The molecular weight excluding hydrogens is 272 g/mol. The van der Waals surface area contributed by atoms with Gasteiger partial charge in [-0.05, 0) is 0 Å². The van der Waals surface area contributed by atoms with Crippen molar-refractivity contribution in [1.29, 1.82) is 0 Å². The van der Waals surface area contributed by atoms with Crippen molar-refractivity contribution in [2.45, 2.75) is 24.4 Å². The maximum absolute atomic E-state index is 11.1. The first-order chi connectivity index (χ1) is 8.59. The van der Waals surface area contributed by atoms with Crippen LogP contribution in [0.2, 0.25) is 0 Å². The van der Waals surface area contributed by atoms with Gasteiger partial charge in [-0.3, -0.25) is 0 Å². The van der Waals surface area contributed by atoms with Crippen molar-refractivity contribution in [3.63, 3.8) is 0 Å². The second-order valence-electron chi connectivity index (χ2n) is 3.21. The Morgan fingerprint density at radius 1 is 0.684 bits per heavy atom. The molecule has 11 nitrogen and oxygen atoms in total. The lowest BCUT2D eigenvalue weighted by atomic mass is 10.2. The van der Waals surface area contributed by atoms with Crippen LogP contribution in [0.15, 0.2) is 0 Å². The first-order valence-corrected chi connectivity index (χ1v) is 4.52. The predicted molar refractivity (Wildman–Crippen MR) is 50.8 cm³/mol. The zero-order valence-electron chi connectivity index (χ0n) is 9.03. The number of hydrogen-bond acceptors (Lipinski definition) is 8. The molecule has 108 valence electrons. The fraction of sp³-hybridized carbons (Fsp3) is 0.500. The van der Waals surface area contributed by atoms with Gasteiger partial charge in [-0.1, -0.05) is 0 Å². The molecule has 11 heteroatoms. The molecule has 0 aliphatic rings. The molecule has 4 atom stereocenters. The van der Waals surface area contributed by atoms with Crippen molar-refractivity contribution >= 4 is 23.9 Å². The fourth-order valence-electron chi connectivity index (χ4n) is 0.838. The number of carboxylic acids is 3. The van der Waals surface area contributed by atoms with Crippen molar-refractivity contribution < 1.29 is 54.6 Å². The highest BCUT2D eigenvalue weighted by Gasteiger charge is 2.39. The molecule has 19 heavy (non-hydrogen) atoms. The summed E-state index contributed by atoms with van der Waals surface area (Å²) in [5.41, 5.74) is 0. The van der Waals surface area contributed by atoms with Gasteiger partial charge in [0.25, 0.3) is 0 Å². The van der Waals surface area contributed by atoms with Crippen molar-refractivity contribution in [2.75, 3.05) is 0 Å². The molecule has 0 bridgehead atoms. The number of carboxylic acid groups (broad SMARTS) is 3. The SMILES string of the molecule is O=C(O)C(O)C(O)C(=O)OC(C(=O)O)C(O)C(=O)O. The van der Waals surface area contributed by atoms with Gasteiger partial charge >= 0.3 is 23.9 Å². The summed E-state index contributed by atoms with van der Waals surface area (Å²) in [5.74, 6) is -7.97. The molecule has 0 amide bonds. The first kappa shape index (κ1) is 16.8. The van der Waals surface area contributed by atoms with Gasteiger partial charge in [-0.25, -0.2) is 19.2 Å². The number of carbonyl (C=O) groups is 4. The average molecular weight is 282 g/mol. The number of aliphatic hydroxyl groups is 3. The highest BCUT2D eigenvalue weighted by molar-refractivity contribution is 5.88. The van der Waals surface area contributed by atoms with E-state index in [1.54, 1.807) is 0 Å². The van der Waals surface area contributed by atoms with E-state index in [1.165, 1.54) is 0 Å². The van der Waals surface area contributed by atoms with Crippen molar-refractivity contribution in [3.8, 4) is 0 Å². The number of carbonyl (C=O) groups excluding carboxylic acids is 1. The van der Waals surface area contributed by atoms with E-state index in [1.807, 2.05) is 0 Å². The Morgan fingerprint density at radius 3 is 1.42 bits per heavy atom. The van der Waals surface area contributed by atoms with E-state index >= 15 is 0 Å². The van der Waals surface area contributed by atoms with E-state index in [4.69, 9.17) is 30.6 Å². The number of aliphatic hydroxyl groups excluding tert-OH is 3. The molecule has 0 saturated carbocycles. The number of aliphatic carboxylic acids is 3. The van der Waals surface area contributed by atoms with Gasteiger partial charge in [0.2, 0.25) is 6.10 Å². The molecule has 0 aromatic carbocycles. The number of rotatable bonds is 7. The number of hydrogen-bond donors (Lipinski definition) is 6. The summed E-state index contributed by atoms with van der Waals surface area (Å²) in [6.45, 7) is 0. The lowest BCUT2D eigenvalue weighted by molar-refractivity contribution is -0.188. The van der Waals surface area contributed by atoms with Crippen molar-refractivity contribution in [3.05, 3.63) is 0 Å². The molecular formula is C8H10O11. The molecule has 4 unspecified atom stereocenters. The highest BCUT2D eigenvalue weighted by atomic mass is 16.6. The third-order valence-corrected chi connectivity index (χ3v) is 1.82. The molecule has 0 aromatic heterocycles. The van der Waals surface area contributed by atoms with Gasteiger partial charge in [0, 0.05) is 0 Å². The van der Waals surface area contributed by atoms with E-state index in [9.17, 15) is 19.2 Å². The highest BCUT2D eigenvalue weighted by Crippen LogP contribution is 2.06. The van der Waals surface area contributed by atoms with Gasteiger partial charge in [-0.15, -0.1) is 0 Å². The van der Waals surface area contributed by atoms with Crippen LogP contribution in [0.3, 0.4) is 0 Å². The molecule has 0 radical (unpaired) electrons. The van der Waals surface area contributed by atoms with E-state index < -0.39 is 48.3 Å². The molecule has 0 fully saturated rings. The molecule has 0 heterocycles. The maximum Gasteiger partial charge on any atom is 0.348 e. The lowest BCUT2D eigenvalue weighted by Gasteiger charge is -2.19. The van der Waals surface area contributed by atoms with Crippen LogP contribution < -0.4 is 0 Å². The summed E-state index contributed by atoms with van der Waals surface area (Å²) >= 11 is 0. The lowest BCUT2D eigenvalue weighted by Crippen LogP contribution is -2.47. The quantitative estimate of drug-likeness (QED) is 0.250. The van der Waals surface area contributed by atoms with Crippen LogP contribution in [-0.4, -0.2) is 78.9 Å².